The Bertz CT molecular complexity index is 781. The van der Waals surface area contributed by atoms with Crippen LogP contribution < -0.4 is 0 Å². The summed E-state index contributed by atoms with van der Waals surface area (Å²) < 4.78 is 5.71. The molecule has 1 aromatic carbocycles. The van der Waals surface area contributed by atoms with E-state index in [1.54, 1.807) is 31.2 Å². The van der Waals surface area contributed by atoms with Gasteiger partial charge in [0.1, 0.15) is 11.5 Å². The van der Waals surface area contributed by atoms with E-state index in [1.165, 1.54) is 4.90 Å². The first-order valence-electron chi connectivity index (χ1n) is 6.70. The Kier molecular flexibility index (Phi) is 4.09. The van der Waals surface area contributed by atoms with Crippen molar-refractivity contribution >= 4 is 40.6 Å². The van der Waals surface area contributed by atoms with Crippen LogP contribution in [0.2, 0.25) is 5.02 Å². The molecule has 0 aliphatic carbocycles. The third kappa shape index (κ3) is 2.69. The van der Waals surface area contributed by atoms with Crippen LogP contribution >= 0.6 is 23.4 Å². The van der Waals surface area contributed by atoms with E-state index in [0.717, 1.165) is 17.3 Å². The van der Waals surface area contributed by atoms with Crippen LogP contribution in [0.25, 0.3) is 17.4 Å². The molecule has 22 heavy (non-hydrogen) atoms. The number of furan rings is 1. The van der Waals surface area contributed by atoms with Gasteiger partial charge in [-0.15, -0.1) is 0 Å². The van der Waals surface area contributed by atoms with E-state index in [9.17, 15) is 9.59 Å². The molecule has 4 nitrogen and oxygen atoms in total. The summed E-state index contributed by atoms with van der Waals surface area (Å²) in [6.07, 6.45) is 1.58. The minimum atomic E-state index is -0.284. The molecule has 6 heteroatoms. The van der Waals surface area contributed by atoms with Crippen LogP contribution in [0.5, 0.6) is 0 Å². The minimum Gasteiger partial charge on any atom is -0.457 e. The lowest BCUT2D eigenvalue weighted by Gasteiger charge is -2.06. The van der Waals surface area contributed by atoms with Crippen LogP contribution in [0, 0.1) is 0 Å². The number of amides is 2. The van der Waals surface area contributed by atoms with Crippen molar-refractivity contribution in [3.8, 4) is 11.3 Å². The van der Waals surface area contributed by atoms with Gasteiger partial charge in [0.2, 0.25) is 0 Å². The van der Waals surface area contributed by atoms with Gasteiger partial charge in [-0.2, -0.15) is 0 Å². The second-order valence-electron chi connectivity index (χ2n) is 4.61. The summed E-state index contributed by atoms with van der Waals surface area (Å²) in [6, 6.07) is 10.9. The molecule has 1 aliphatic heterocycles. The zero-order valence-electron chi connectivity index (χ0n) is 11.7. The first-order chi connectivity index (χ1) is 10.6. The molecule has 1 fully saturated rings. The molecule has 0 N–H and O–H groups in total. The van der Waals surface area contributed by atoms with Crippen LogP contribution in [-0.2, 0) is 4.79 Å². The highest BCUT2D eigenvalue weighted by molar-refractivity contribution is 8.18. The number of rotatable bonds is 3. The maximum atomic E-state index is 12.0. The number of benzene rings is 1. The Labute approximate surface area is 136 Å². The molecule has 0 atom stereocenters. The molecule has 112 valence electrons. The Morgan fingerprint density at radius 2 is 2.00 bits per heavy atom. The highest BCUT2D eigenvalue weighted by Gasteiger charge is 2.33. The van der Waals surface area contributed by atoms with Gasteiger partial charge in [0.15, 0.2) is 0 Å². The fourth-order valence-corrected chi connectivity index (χ4v) is 3.25. The van der Waals surface area contributed by atoms with Crippen molar-refractivity contribution in [1.82, 2.24) is 4.90 Å². The number of hydrogen-bond donors (Lipinski definition) is 0. The van der Waals surface area contributed by atoms with E-state index in [4.69, 9.17) is 16.0 Å². The monoisotopic (exact) mass is 333 g/mol. The standard InChI is InChI=1S/C16H12ClNO3S/c1-2-18-15(19)14(22-16(18)20)9-10-7-8-13(21-10)11-5-3-4-6-12(11)17/h3-9H,2H2,1H3/b14-9+. The number of imide groups is 1. The lowest BCUT2D eigenvalue weighted by Crippen LogP contribution is -2.27. The average molecular weight is 334 g/mol. The zero-order chi connectivity index (χ0) is 15.7. The number of hydrogen-bond acceptors (Lipinski definition) is 4. The second-order valence-corrected chi connectivity index (χ2v) is 6.01. The van der Waals surface area contributed by atoms with Gasteiger partial charge >= 0.3 is 0 Å². The van der Waals surface area contributed by atoms with E-state index >= 15 is 0 Å². The maximum Gasteiger partial charge on any atom is 0.293 e. The summed E-state index contributed by atoms with van der Waals surface area (Å²) in [4.78, 5) is 25.3. The van der Waals surface area contributed by atoms with Crippen molar-refractivity contribution in [2.24, 2.45) is 0 Å². The quantitative estimate of drug-likeness (QED) is 0.767. The number of carbonyl (C=O) groups excluding carboxylic acids is 2. The minimum absolute atomic E-state index is 0.253. The Balaban J connectivity index is 1.90. The van der Waals surface area contributed by atoms with Crippen LogP contribution in [0.4, 0.5) is 4.79 Å². The molecular weight excluding hydrogens is 322 g/mol. The van der Waals surface area contributed by atoms with Crippen LogP contribution in [0.15, 0.2) is 45.7 Å². The fraction of sp³-hybridized carbons (Fsp3) is 0.125. The van der Waals surface area contributed by atoms with E-state index in [1.807, 2.05) is 18.2 Å². The summed E-state index contributed by atoms with van der Waals surface area (Å²) in [7, 11) is 0. The molecular formula is C16H12ClNO3S. The van der Waals surface area contributed by atoms with Gasteiger partial charge in [0.25, 0.3) is 11.1 Å². The molecule has 2 amide bonds. The van der Waals surface area contributed by atoms with Gasteiger partial charge < -0.3 is 4.42 Å². The van der Waals surface area contributed by atoms with Crippen LogP contribution in [-0.4, -0.2) is 22.6 Å². The summed E-state index contributed by atoms with van der Waals surface area (Å²) >= 11 is 7.06. The number of nitrogens with zero attached hydrogens (tertiary/aromatic N) is 1. The smallest absolute Gasteiger partial charge is 0.293 e. The van der Waals surface area contributed by atoms with Gasteiger partial charge in [0, 0.05) is 18.2 Å². The molecule has 0 radical (unpaired) electrons. The second kappa shape index (κ2) is 6.02. The third-order valence-electron chi connectivity index (χ3n) is 3.23. The molecule has 1 aliphatic rings. The zero-order valence-corrected chi connectivity index (χ0v) is 13.3. The van der Waals surface area contributed by atoms with Crippen LogP contribution in [0.3, 0.4) is 0 Å². The maximum absolute atomic E-state index is 12.0. The molecule has 0 bridgehead atoms. The van der Waals surface area contributed by atoms with Crippen molar-refractivity contribution in [2.45, 2.75) is 6.92 Å². The van der Waals surface area contributed by atoms with E-state index in [-0.39, 0.29) is 11.1 Å². The number of thioether (sulfide) groups is 1. The molecule has 1 saturated heterocycles. The topological polar surface area (TPSA) is 50.5 Å². The van der Waals surface area contributed by atoms with E-state index in [2.05, 4.69) is 0 Å². The largest absolute Gasteiger partial charge is 0.457 e. The SMILES string of the molecule is CCN1C(=O)S/C(=C/c2ccc(-c3ccccc3Cl)o2)C1=O. The molecule has 3 rings (SSSR count). The fourth-order valence-electron chi connectivity index (χ4n) is 2.14. The van der Waals surface area contributed by atoms with Crippen molar-refractivity contribution in [3.05, 3.63) is 52.1 Å². The van der Waals surface area contributed by atoms with Gasteiger partial charge in [-0.05, 0) is 43.0 Å². The highest BCUT2D eigenvalue weighted by Crippen LogP contribution is 2.34. The normalized spacial score (nSPS) is 16.8. The highest BCUT2D eigenvalue weighted by atomic mass is 35.5. The van der Waals surface area contributed by atoms with Crippen molar-refractivity contribution < 1.29 is 14.0 Å². The summed E-state index contributed by atoms with van der Waals surface area (Å²) in [6.45, 7) is 2.13. The summed E-state index contributed by atoms with van der Waals surface area (Å²) in [5.41, 5.74) is 0.783. The van der Waals surface area contributed by atoms with Gasteiger partial charge in [0.05, 0.1) is 9.93 Å². The third-order valence-corrected chi connectivity index (χ3v) is 4.47. The average Bonchev–Trinajstić information content (AvgIpc) is 3.05. The first-order valence-corrected chi connectivity index (χ1v) is 7.89. The van der Waals surface area contributed by atoms with Crippen LogP contribution in [0.1, 0.15) is 12.7 Å². The van der Waals surface area contributed by atoms with Gasteiger partial charge in [-0.3, -0.25) is 14.5 Å². The van der Waals surface area contributed by atoms with Crippen molar-refractivity contribution in [2.75, 3.05) is 6.54 Å². The first kappa shape index (κ1) is 14.9. The van der Waals surface area contributed by atoms with Gasteiger partial charge in [-0.25, -0.2) is 0 Å². The predicted molar refractivity (Wildman–Crippen MR) is 87.5 cm³/mol. The summed E-state index contributed by atoms with van der Waals surface area (Å²) in [5, 5.41) is 0.339. The van der Waals surface area contributed by atoms with Gasteiger partial charge in [-0.1, -0.05) is 23.7 Å². The van der Waals surface area contributed by atoms with Crippen molar-refractivity contribution in [1.29, 1.82) is 0 Å². The molecule has 2 aromatic rings. The Morgan fingerprint density at radius 1 is 1.23 bits per heavy atom. The summed E-state index contributed by atoms with van der Waals surface area (Å²) in [5.74, 6) is 0.844. The Morgan fingerprint density at radius 3 is 2.68 bits per heavy atom. The van der Waals surface area contributed by atoms with E-state index < -0.39 is 0 Å². The number of likely N-dealkylation sites (N-methyl/N-ethyl adjacent to an activating group) is 1. The lowest BCUT2D eigenvalue weighted by atomic mass is 10.2. The number of carbonyl (C=O) groups is 2. The van der Waals surface area contributed by atoms with Crippen molar-refractivity contribution in [3.63, 3.8) is 0 Å². The molecule has 1 aromatic heterocycles. The number of halogens is 1. The van der Waals surface area contributed by atoms with E-state index in [0.29, 0.717) is 28.0 Å². The predicted octanol–water partition coefficient (Wildman–Crippen LogP) is 4.66. The molecule has 0 spiro atoms. The lowest BCUT2D eigenvalue weighted by molar-refractivity contribution is -0.122. The molecule has 0 unspecified atom stereocenters. The molecule has 2 heterocycles. The Hall–Kier alpha value is -1.98. The molecule has 0 saturated carbocycles.